The fourth-order valence-corrected chi connectivity index (χ4v) is 3.33. The van der Waals surface area contributed by atoms with Crippen LogP contribution in [-0.4, -0.2) is 39.9 Å². The Labute approximate surface area is 132 Å². The minimum Gasteiger partial charge on any atom is -0.480 e. The lowest BCUT2D eigenvalue weighted by Crippen LogP contribution is -2.03. The summed E-state index contributed by atoms with van der Waals surface area (Å²) >= 11 is 1.61. The normalized spacial score (nSPS) is 16.3. The number of hydrogen-bond acceptors (Lipinski definition) is 7. The molecule has 1 aliphatic carbocycles. The van der Waals surface area contributed by atoms with E-state index in [9.17, 15) is 0 Å². The predicted molar refractivity (Wildman–Crippen MR) is 82.6 cm³/mol. The Kier molecular flexibility index (Phi) is 3.37. The average Bonchev–Trinajstić information content (AvgIpc) is 3.30. The van der Waals surface area contributed by atoms with Gasteiger partial charge < -0.3 is 9.47 Å². The van der Waals surface area contributed by atoms with Crippen LogP contribution >= 0.6 is 11.8 Å². The highest BCUT2D eigenvalue weighted by Gasteiger charge is 2.32. The molecule has 0 unspecified atom stereocenters. The Bertz CT molecular complexity index is 734. The van der Waals surface area contributed by atoms with Gasteiger partial charge in [-0.05, 0) is 19.1 Å². The summed E-state index contributed by atoms with van der Waals surface area (Å²) in [5.74, 6) is 2.27. The molecule has 0 radical (unpaired) electrons. The summed E-state index contributed by atoms with van der Waals surface area (Å²) in [5, 5.41) is 0.963. The molecule has 0 amide bonds. The van der Waals surface area contributed by atoms with E-state index in [1.165, 1.54) is 0 Å². The molecule has 4 rings (SSSR count). The molecule has 1 fully saturated rings. The van der Waals surface area contributed by atoms with E-state index >= 15 is 0 Å². The number of ether oxygens (including phenoxy) is 2. The van der Waals surface area contributed by atoms with E-state index in [0.717, 1.165) is 41.1 Å². The van der Waals surface area contributed by atoms with Gasteiger partial charge in [-0.25, -0.2) is 15.0 Å². The van der Waals surface area contributed by atoms with Crippen LogP contribution in [0.4, 0.5) is 0 Å². The number of aromatic nitrogens is 4. The highest BCUT2D eigenvalue weighted by atomic mass is 32.2. The smallest absolute Gasteiger partial charge is 0.227 e. The van der Waals surface area contributed by atoms with Gasteiger partial charge in [0, 0.05) is 17.9 Å². The van der Waals surface area contributed by atoms with E-state index in [4.69, 9.17) is 14.5 Å². The summed E-state index contributed by atoms with van der Waals surface area (Å²) < 4.78 is 11.1. The molecule has 22 heavy (non-hydrogen) atoms. The lowest BCUT2D eigenvalue weighted by Gasteiger charge is -2.12. The van der Waals surface area contributed by atoms with Crippen molar-refractivity contribution in [1.82, 2.24) is 19.9 Å². The predicted octanol–water partition coefficient (Wildman–Crippen LogP) is 2.48. The first-order valence-electron chi connectivity index (χ1n) is 7.28. The van der Waals surface area contributed by atoms with Crippen molar-refractivity contribution < 1.29 is 9.47 Å². The SMILES string of the molecule is COc1ncnc(C2CC2)c1-c1nc2c(c(SC)n1)CCO2. The van der Waals surface area contributed by atoms with E-state index in [1.54, 1.807) is 25.2 Å². The molecule has 1 saturated carbocycles. The number of hydrogen-bond donors (Lipinski definition) is 0. The van der Waals surface area contributed by atoms with Gasteiger partial charge in [0.25, 0.3) is 0 Å². The molecule has 1 aliphatic heterocycles. The first-order valence-corrected chi connectivity index (χ1v) is 8.51. The quantitative estimate of drug-likeness (QED) is 0.634. The van der Waals surface area contributed by atoms with Crippen LogP contribution in [0.25, 0.3) is 11.4 Å². The standard InChI is InChI=1S/C15H16N4O2S/c1-20-14-10(11(8-3-4-8)16-7-17-14)12-18-13-9(5-6-21-13)15(19-12)22-2/h7-8H,3-6H2,1-2H3. The van der Waals surface area contributed by atoms with E-state index in [0.29, 0.717) is 30.1 Å². The minimum absolute atomic E-state index is 0.461. The summed E-state index contributed by atoms with van der Waals surface area (Å²) in [6.07, 6.45) is 6.72. The van der Waals surface area contributed by atoms with Crippen molar-refractivity contribution in [2.24, 2.45) is 0 Å². The van der Waals surface area contributed by atoms with Crippen molar-refractivity contribution in [1.29, 1.82) is 0 Å². The molecular formula is C15H16N4O2S. The van der Waals surface area contributed by atoms with Crippen molar-refractivity contribution in [2.45, 2.75) is 30.2 Å². The van der Waals surface area contributed by atoms with Crippen LogP contribution in [0.2, 0.25) is 0 Å². The van der Waals surface area contributed by atoms with Crippen molar-refractivity contribution >= 4 is 11.8 Å². The maximum atomic E-state index is 5.65. The second-order valence-corrected chi connectivity index (χ2v) is 6.15. The molecule has 2 aromatic rings. The van der Waals surface area contributed by atoms with Crippen LogP contribution in [0.3, 0.4) is 0 Å². The van der Waals surface area contributed by atoms with Crippen LogP contribution in [0.15, 0.2) is 11.4 Å². The third kappa shape index (κ3) is 2.20. The fourth-order valence-electron chi connectivity index (χ4n) is 2.72. The van der Waals surface area contributed by atoms with E-state index in [-0.39, 0.29) is 0 Å². The molecule has 114 valence electrons. The Morgan fingerprint density at radius 2 is 2.14 bits per heavy atom. The van der Waals surface area contributed by atoms with Gasteiger partial charge in [0.05, 0.1) is 19.4 Å². The van der Waals surface area contributed by atoms with E-state index in [1.807, 2.05) is 6.26 Å². The summed E-state index contributed by atoms with van der Waals surface area (Å²) in [5.41, 5.74) is 2.89. The molecular weight excluding hydrogens is 300 g/mol. The first-order chi connectivity index (χ1) is 10.8. The van der Waals surface area contributed by atoms with Crippen LogP contribution in [0.5, 0.6) is 11.8 Å². The second kappa shape index (κ2) is 5.39. The van der Waals surface area contributed by atoms with Crippen molar-refractivity contribution in [3.05, 3.63) is 17.6 Å². The highest BCUT2D eigenvalue weighted by Crippen LogP contribution is 2.45. The molecule has 0 atom stereocenters. The van der Waals surface area contributed by atoms with Crippen molar-refractivity contribution in [3.8, 4) is 23.1 Å². The molecule has 6 nitrogen and oxygen atoms in total. The van der Waals surface area contributed by atoms with Crippen molar-refractivity contribution in [3.63, 3.8) is 0 Å². The number of methoxy groups -OCH3 is 1. The van der Waals surface area contributed by atoms with Gasteiger partial charge in [-0.3, -0.25) is 0 Å². The molecule has 3 heterocycles. The zero-order chi connectivity index (χ0) is 15.1. The third-order valence-corrected chi connectivity index (χ3v) is 4.66. The van der Waals surface area contributed by atoms with Gasteiger partial charge in [0.2, 0.25) is 11.8 Å². The Hall–Kier alpha value is -1.89. The molecule has 0 bridgehead atoms. The van der Waals surface area contributed by atoms with E-state index < -0.39 is 0 Å². The second-order valence-electron chi connectivity index (χ2n) is 5.36. The molecule has 2 aromatic heterocycles. The molecule has 0 spiro atoms. The van der Waals surface area contributed by atoms with Crippen molar-refractivity contribution in [2.75, 3.05) is 20.0 Å². The topological polar surface area (TPSA) is 70.0 Å². The zero-order valence-corrected chi connectivity index (χ0v) is 13.3. The van der Waals surface area contributed by atoms with Crippen LogP contribution < -0.4 is 9.47 Å². The number of rotatable bonds is 4. The van der Waals surface area contributed by atoms with Gasteiger partial charge in [0.15, 0.2) is 5.82 Å². The molecule has 0 saturated heterocycles. The third-order valence-electron chi connectivity index (χ3n) is 3.94. The highest BCUT2D eigenvalue weighted by molar-refractivity contribution is 7.98. The lowest BCUT2D eigenvalue weighted by atomic mass is 10.1. The fraction of sp³-hybridized carbons (Fsp3) is 0.467. The van der Waals surface area contributed by atoms with Crippen LogP contribution in [-0.2, 0) is 6.42 Å². The van der Waals surface area contributed by atoms with Gasteiger partial charge in [0.1, 0.15) is 16.9 Å². The molecule has 2 aliphatic rings. The maximum Gasteiger partial charge on any atom is 0.227 e. The summed E-state index contributed by atoms with van der Waals surface area (Å²) in [6, 6.07) is 0. The summed E-state index contributed by atoms with van der Waals surface area (Å²) in [4.78, 5) is 18.0. The first kappa shape index (κ1) is 13.8. The van der Waals surface area contributed by atoms with E-state index in [2.05, 4.69) is 15.0 Å². The Morgan fingerprint density at radius 3 is 2.86 bits per heavy atom. The lowest BCUT2D eigenvalue weighted by molar-refractivity contribution is 0.344. The Morgan fingerprint density at radius 1 is 1.27 bits per heavy atom. The molecule has 0 N–H and O–H groups in total. The van der Waals surface area contributed by atoms with Crippen LogP contribution in [0, 0.1) is 0 Å². The van der Waals surface area contributed by atoms with Gasteiger partial charge in [-0.2, -0.15) is 4.98 Å². The number of nitrogens with zero attached hydrogens (tertiary/aromatic N) is 4. The average molecular weight is 316 g/mol. The van der Waals surface area contributed by atoms with Crippen LogP contribution in [0.1, 0.15) is 30.0 Å². The summed E-state index contributed by atoms with van der Waals surface area (Å²) in [7, 11) is 1.61. The van der Waals surface area contributed by atoms with Gasteiger partial charge >= 0.3 is 0 Å². The molecule has 7 heteroatoms. The maximum absolute atomic E-state index is 5.65. The number of thioether (sulfide) groups is 1. The van der Waals surface area contributed by atoms with Gasteiger partial charge in [-0.15, -0.1) is 11.8 Å². The minimum atomic E-state index is 0.461. The molecule has 0 aromatic carbocycles. The number of fused-ring (bicyclic) bond motifs is 1. The summed E-state index contributed by atoms with van der Waals surface area (Å²) in [6.45, 7) is 0.666. The monoisotopic (exact) mass is 316 g/mol. The van der Waals surface area contributed by atoms with Gasteiger partial charge in [-0.1, -0.05) is 0 Å². The zero-order valence-electron chi connectivity index (χ0n) is 12.5. The largest absolute Gasteiger partial charge is 0.480 e. The Balaban J connectivity index is 1.92.